The molecule has 5 rings (SSSR count). The van der Waals surface area contributed by atoms with Crippen molar-refractivity contribution in [1.82, 2.24) is 15.4 Å². The van der Waals surface area contributed by atoms with E-state index < -0.39 is 23.4 Å². The van der Waals surface area contributed by atoms with Gasteiger partial charge < -0.3 is 19.8 Å². The molecule has 170 valence electrons. The predicted molar refractivity (Wildman–Crippen MR) is 117 cm³/mol. The van der Waals surface area contributed by atoms with Crippen molar-refractivity contribution in [3.8, 4) is 11.3 Å². The zero-order valence-corrected chi connectivity index (χ0v) is 17.9. The third-order valence-corrected chi connectivity index (χ3v) is 6.62. The van der Waals surface area contributed by atoms with E-state index >= 15 is 0 Å². The quantitative estimate of drug-likeness (QED) is 0.640. The summed E-state index contributed by atoms with van der Waals surface area (Å²) in [5.41, 5.74) is 0.864. The molecule has 8 heteroatoms. The fourth-order valence-corrected chi connectivity index (χ4v) is 4.94. The van der Waals surface area contributed by atoms with Gasteiger partial charge in [0.1, 0.15) is 11.5 Å². The molecule has 2 aromatic carbocycles. The van der Waals surface area contributed by atoms with Gasteiger partial charge in [-0.05, 0) is 37.0 Å². The first-order valence-corrected chi connectivity index (χ1v) is 11.0. The van der Waals surface area contributed by atoms with Crippen molar-refractivity contribution in [3.05, 3.63) is 77.8 Å². The molecule has 33 heavy (non-hydrogen) atoms. The lowest BCUT2D eigenvalue weighted by Crippen LogP contribution is -2.60. The van der Waals surface area contributed by atoms with E-state index in [0.29, 0.717) is 30.6 Å². The van der Waals surface area contributed by atoms with Gasteiger partial charge in [-0.15, -0.1) is 0 Å². The molecule has 2 N–H and O–H groups in total. The van der Waals surface area contributed by atoms with Crippen LogP contribution in [0.2, 0.25) is 0 Å². The Bertz CT molecular complexity index is 1180. The van der Waals surface area contributed by atoms with Crippen LogP contribution in [0.15, 0.2) is 65.2 Å². The summed E-state index contributed by atoms with van der Waals surface area (Å²) in [4.78, 5) is 27.9. The number of carbonyl (C=O) groups excluding carboxylic acids is 2. The summed E-state index contributed by atoms with van der Waals surface area (Å²) in [6, 6.07) is 16.3. The van der Waals surface area contributed by atoms with Gasteiger partial charge in [0, 0.05) is 24.7 Å². The number of nitrogens with one attached hydrogen (secondary N) is 1. The Balaban J connectivity index is 1.33. The Morgan fingerprint density at radius 3 is 2.79 bits per heavy atom. The molecular formula is C25H24FN3O4. The van der Waals surface area contributed by atoms with Crippen molar-refractivity contribution in [2.45, 2.75) is 31.4 Å². The standard InChI is InChI=1S/C25H24FN3O4/c26-18-9-4-8-17(12-18)19-13-21(33-28-19)23(31)29-11-5-10-25(15-29)14-20(30)22(27-24(25)32)16-6-2-1-3-7-16/h1-4,6-9,12-13,20,22,30H,5,10-11,14-15H2,(H,27,32)/t20-,22+,25-/m1/s1. The molecule has 2 fully saturated rings. The smallest absolute Gasteiger partial charge is 0.292 e. The topological polar surface area (TPSA) is 95.7 Å². The third kappa shape index (κ3) is 4.02. The minimum absolute atomic E-state index is 0.0326. The Morgan fingerprint density at radius 2 is 2.00 bits per heavy atom. The van der Waals surface area contributed by atoms with Crippen molar-refractivity contribution in [2.75, 3.05) is 13.1 Å². The molecule has 2 aliphatic rings. The first kappa shape index (κ1) is 21.3. The summed E-state index contributed by atoms with van der Waals surface area (Å²) in [5, 5.41) is 17.8. The van der Waals surface area contributed by atoms with E-state index in [9.17, 15) is 19.1 Å². The number of piperidine rings is 2. The van der Waals surface area contributed by atoms with Gasteiger partial charge in [-0.3, -0.25) is 9.59 Å². The van der Waals surface area contributed by atoms with Crippen LogP contribution in [0.1, 0.15) is 41.4 Å². The van der Waals surface area contributed by atoms with E-state index in [2.05, 4.69) is 10.5 Å². The second-order valence-electron chi connectivity index (χ2n) is 8.83. The minimum Gasteiger partial charge on any atom is -0.391 e. The van der Waals surface area contributed by atoms with Crippen LogP contribution >= 0.6 is 0 Å². The number of aliphatic hydroxyl groups excluding tert-OH is 1. The van der Waals surface area contributed by atoms with Gasteiger partial charge in [-0.25, -0.2) is 4.39 Å². The van der Waals surface area contributed by atoms with Gasteiger partial charge in [0.2, 0.25) is 11.7 Å². The molecule has 0 aliphatic carbocycles. The van der Waals surface area contributed by atoms with Gasteiger partial charge >= 0.3 is 0 Å². The average molecular weight is 449 g/mol. The molecule has 0 unspecified atom stereocenters. The molecule has 0 bridgehead atoms. The predicted octanol–water partition coefficient (Wildman–Crippen LogP) is 3.33. The average Bonchev–Trinajstić information content (AvgIpc) is 3.32. The molecule has 1 spiro atoms. The van der Waals surface area contributed by atoms with Crippen LogP contribution in [-0.2, 0) is 4.79 Å². The molecule has 2 aliphatic heterocycles. The molecular weight excluding hydrogens is 425 g/mol. The molecule has 7 nitrogen and oxygen atoms in total. The van der Waals surface area contributed by atoms with Gasteiger partial charge in [0.05, 0.1) is 17.6 Å². The number of benzene rings is 2. The van der Waals surface area contributed by atoms with Gasteiger partial charge in [-0.2, -0.15) is 0 Å². The Kier molecular flexibility index (Phi) is 5.46. The molecule has 3 heterocycles. The summed E-state index contributed by atoms with van der Waals surface area (Å²) in [6.07, 6.45) is 0.733. The maximum atomic E-state index is 13.5. The maximum absolute atomic E-state index is 13.5. The van der Waals surface area contributed by atoms with E-state index in [1.807, 2.05) is 30.3 Å². The monoisotopic (exact) mass is 449 g/mol. The van der Waals surface area contributed by atoms with E-state index in [0.717, 1.165) is 5.56 Å². The van der Waals surface area contributed by atoms with Crippen LogP contribution in [0.25, 0.3) is 11.3 Å². The summed E-state index contributed by atoms with van der Waals surface area (Å²) in [6.45, 7) is 0.661. The second kappa shape index (κ2) is 8.44. The molecule has 2 saturated heterocycles. The van der Waals surface area contributed by atoms with Crippen molar-refractivity contribution < 1.29 is 23.6 Å². The lowest BCUT2D eigenvalue weighted by atomic mass is 9.70. The van der Waals surface area contributed by atoms with Gasteiger partial charge in [0.15, 0.2) is 0 Å². The van der Waals surface area contributed by atoms with Crippen LogP contribution in [0.4, 0.5) is 4.39 Å². The SMILES string of the molecule is O=C(c1cc(-c2cccc(F)c2)no1)N1CCC[C@@]2(C[C@@H](O)[C@H](c3ccccc3)NC2=O)C1. The number of hydrogen-bond donors (Lipinski definition) is 2. The normalized spacial score (nSPS) is 25.2. The number of halogens is 1. The second-order valence-corrected chi connectivity index (χ2v) is 8.83. The molecule has 0 radical (unpaired) electrons. The molecule has 0 saturated carbocycles. The van der Waals surface area contributed by atoms with Crippen LogP contribution in [-0.4, -0.2) is 46.2 Å². The molecule has 3 atom stereocenters. The van der Waals surface area contributed by atoms with Crippen molar-refractivity contribution in [2.24, 2.45) is 5.41 Å². The number of aliphatic hydroxyl groups is 1. The number of likely N-dealkylation sites (tertiary alicyclic amines) is 1. The van der Waals surface area contributed by atoms with Gasteiger partial charge in [0.25, 0.3) is 5.91 Å². The third-order valence-electron chi connectivity index (χ3n) is 6.62. The van der Waals surface area contributed by atoms with E-state index in [-0.39, 0.29) is 30.5 Å². The van der Waals surface area contributed by atoms with Crippen LogP contribution in [0, 0.1) is 11.2 Å². The Morgan fingerprint density at radius 1 is 1.18 bits per heavy atom. The fraction of sp³-hybridized carbons (Fsp3) is 0.320. The maximum Gasteiger partial charge on any atom is 0.292 e. The lowest BCUT2D eigenvalue weighted by molar-refractivity contribution is -0.144. The first-order chi connectivity index (χ1) is 15.9. The van der Waals surface area contributed by atoms with Crippen LogP contribution in [0.5, 0.6) is 0 Å². The highest BCUT2D eigenvalue weighted by atomic mass is 19.1. The highest BCUT2D eigenvalue weighted by molar-refractivity contribution is 5.93. The van der Waals surface area contributed by atoms with E-state index in [1.165, 1.54) is 18.2 Å². The van der Waals surface area contributed by atoms with Crippen molar-refractivity contribution in [3.63, 3.8) is 0 Å². The summed E-state index contributed by atoms with van der Waals surface area (Å²) >= 11 is 0. The minimum atomic E-state index is -0.857. The molecule has 3 aromatic rings. The largest absolute Gasteiger partial charge is 0.391 e. The highest BCUT2D eigenvalue weighted by Gasteiger charge is 2.50. The van der Waals surface area contributed by atoms with E-state index in [4.69, 9.17) is 4.52 Å². The number of aromatic nitrogens is 1. The Hall–Kier alpha value is -3.52. The summed E-state index contributed by atoms with van der Waals surface area (Å²) < 4.78 is 18.8. The summed E-state index contributed by atoms with van der Waals surface area (Å²) in [7, 11) is 0. The molecule has 2 amide bonds. The zero-order chi connectivity index (χ0) is 23.0. The number of rotatable bonds is 3. The van der Waals surface area contributed by atoms with Crippen LogP contribution < -0.4 is 5.32 Å². The number of nitrogens with zero attached hydrogens (tertiary/aromatic N) is 2. The zero-order valence-electron chi connectivity index (χ0n) is 17.9. The molecule has 1 aromatic heterocycles. The van der Waals surface area contributed by atoms with Crippen molar-refractivity contribution >= 4 is 11.8 Å². The van der Waals surface area contributed by atoms with Crippen molar-refractivity contribution in [1.29, 1.82) is 0 Å². The Labute approximate surface area is 190 Å². The van der Waals surface area contributed by atoms with E-state index in [1.54, 1.807) is 17.0 Å². The highest BCUT2D eigenvalue weighted by Crippen LogP contribution is 2.41. The number of amides is 2. The first-order valence-electron chi connectivity index (χ1n) is 11.0. The number of carbonyl (C=O) groups is 2. The lowest BCUT2D eigenvalue weighted by Gasteiger charge is -2.47. The van der Waals surface area contributed by atoms with Crippen LogP contribution in [0.3, 0.4) is 0 Å². The van der Waals surface area contributed by atoms with Gasteiger partial charge in [-0.1, -0.05) is 47.6 Å². The summed E-state index contributed by atoms with van der Waals surface area (Å²) in [5.74, 6) is -0.906. The fourth-order valence-electron chi connectivity index (χ4n) is 4.94. The number of hydrogen-bond acceptors (Lipinski definition) is 5.